The van der Waals surface area contributed by atoms with Gasteiger partial charge in [0, 0.05) is 23.7 Å². The number of benzene rings is 1. The molecular formula is C14H16N4O. The zero-order valence-electron chi connectivity index (χ0n) is 10.8. The average Bonchev–Trinajstić information content (AvgIpc) is 2.38. The summed E-state index contributed by atoms with van der Waals surface area (Å²) in [6, 6.07) is 10.1. The second-order valence-corrected chi connectivity index (χ2v) is 4.62. The van der Waals surface area contributed by atoms with Crippen molar-refractivity contribution >= 4 is 11.8 Å². The summed E-state index contributed by atoms with van der Waals surface area (Å²) in [5.74, 6) is 1.99. The number of nitrogens with one attached hydrogen (secondary N) is 1. The molecule has 98 valence electrons. The minimum atomic E-state index is 0.193. The molecule has 0 unspecified atom stereocenters. The number of fused-ring (bicyclic) bond motifs is 1. The highest BCUT2D eigenvalue weighted by Crippen LogP contribution is 2.33. The number of aryl methyl sites for hydroxylation is 1. The molecule has 0 amide bonds. The fourth-order valence-corrected chi connectivity index (χ4v) is 2.34. The second kappa shape index (κ2) is 4.76. The Bertz CT molecular complexity index is 579. The van der Waals surface area contributed by atoms with Crippen molar-refractivity contribution in [3.8, 4) is 5.75 Å². The van der Waals surface area contributed by atoms with E-state index < -0.39 is 0 Å². The van der Waals surface area contributed by atoms with Crippen LogP contribution in [0, 0.1) is 6.92 Å². The minimum absolute atomic E-state index is 0.193. The summed E-state index contributed by atoms with van der Waals surface area (Å²) < 4.78 is 5.64. The fourth-order valence-electron chi connectivity index (χ4n) is 2.34. The summed E-state index contributed by atoms with van der Waals surface area (Å²) in [7, 11) is 0. The van der Waals surface area contributed by atoms with E-state index >= 15 is 0 Å². The van der Waals surface area contributed by atoms with Gasteiger partial charge in [0.05, 0.1) is 12.6 Å². The van der Waals surface area contributed by atoms with Gasteiger partial charge in [-0.3, -0.25) is 0 Å². The first kappa shape index (κ1) is 11.8. The average molecular weight is 256 g/mol. The van der Waals surface area contributed by atoms with Crippen molar-refractivity contribution < 1.29 is 4.74 Å². The first-order valence-corrected chi connectivity index (χ1v) is 6.32. The van der Waals surface area contributed by atoms with E-state index in [4.69, 9.17) is 10.5 Å². The topological polar surface area (TPSA) is 73.1 Å². The van der Waals surface area contributed by atoms with Gasteiger partial charge in [0.2, 0.25) is 5.95 Å². The smallest absolute Gasteiger partial charge is 0.222 e. The van der Waals surface area contributed by atoms with Crippen molar-refractivity contribution in [3.63, 3.8) is 0 Å². The maximum Gasteiger partial charge on any atom is 0.222 e. The first-order valence-electron chi connectivity index (χ1n) is 6.32. The number of nitrogens with zero attached hydrogens (tertiary/aromatic N) is 2. The van der Waals surface area contributed by atoms with Crippen LogP contribution in [-0.4, -0.2) is 16.6 Å². The van der Waals surface area contributed by atoms with Gasteiger partial charge in [0.25, 0.3) is 0 Å². The maximum absolute atomic E-state index is 5.67. The molecule has 0 saturated carbocycles. The van der Waals surface area contributed by atoms with E-state index in [0.717, 1.165) is 29.2 Å². The van der Waals surface area contributed by atoms with Crippen molar-refractivity contribution in [1.82, 2.24) is 9.97 Å². The van der Waals surface area contributed by atoms with Crippen LogP contribution < -0.4 is 15.8 Å². The highest BCUT2D eigenvalue weighted by atomic mass is 16.5. The van der Waals surface area contributed by atoms with Gasteiger partial charge in [0.1, 0.15) is 11.6 Å². The van der Waals surface area contributed by atoms with E-state index in [2.05, 4.69) is 21.4 Å². The third-order valence-electron chi connectivity index (χ3n) is 3.15. The summed E-state index contributed by atoms with van der Waals surface area (Å²) in [6.07, 6.45) is 0.903. The third-order valence-corrected chi connectivity index (χ3v) is 3.15. The summed E-state index contributed by atoms with van der Waals surface area (Å²) in [5.41, 5.74) is 7.69. The van der Waals surface area contributed by atoms with Crippen LogP contribution in [0.5, 0.6) is 5.75 Å². The lowest BCUT2D eigenvalue weighted by molar-refractivity contribution is 0.274. The first-order chi connectivity index (χ1) is 9.22. The number of ether oxygens (including phenoxy) is 1. The van der Waals surface area contributed by atoms with Crippen LogP contribution >= 0.6 is 0 Å². The van der Waals surface area contributed by atoms with Crippen LogP contribution in [0.3, 0.4) is 0 Å². The largest absolute Gasteiger partial charge is 0.493 e. The molecule has 5 heteroatoms. The fraction of sp³-hybridized carbons (Fsp3) is 0.286. The molecule has 19 heavy (non-hydrogen) atoms. The predicted octanol–water partition coefficient (Wildman–Crippen LogP) is 2.30. The van der Waals surface area contributed by atoms with Gasteiger partial charge in [0.15, 0.2) is 0 Å². The Morgan fingerprint density at radius 1 is 1.32 bits per heavy atom. The number of hydrogen-bond donors (Lipinski definition) is 2. The zero-order valence-corrected chi connectivity index (χ0v) is 10.8. The van der Waals surface area contributed by atoms with Gasteiger partial charge >= 0.3 is 0 Å². The van der Waals surface area contributed by atoms with Gasteiger partial charge in [-0.15, -0.1) is 0 Å². The number of anilines is 2. The summed E-state index contributed by atoms with van der Waals surface area (Å²) in [4.78, 5) is 8.29. The molecule has 1 aliphatic rings. The van der Waals surface area contributed by atoms with Crippen molar-refractivity contribution in [1.29, 1.82) is 0 Å². The monoisotopic (exact) mass is 256 g/mol. The number of hydrogen-bond acceptors (Lipinski definition) is 5. The molecular weight excluding hydrogens is 240 g/mol. The lowest BCUT2D eigenvalue weighted by atomic mass is 10.0. The normalized spacial score (nSPS) is 17.4. The van der Waals surface area contributed by atoms with Crippen molar-refractivity contribution in [2.75, 3.05) is 17.7 Å². The Morgan fingerprint density at radius 2 is 2.16 bits per heavy atom. The second-order valence-electron chi connectivity index (χ2n) is 4.62. The molecule has 5 nitrogen and oxygen atoms in total. The van der Waals surface area contributed by atoms with Gasteiger partial charge in [-0.1, -0.05) is 18.2 Å². The van der Waals surface area contributed by atoms with Crippen LogP contribution in [0.25, 0.3) is 0 Å². The maximum atomic E-state index is 5.67. The molecule has 0 fully saturated rings. The molecule has 3 N–H and O–H groups in total. The molecule has 0 bridgehead atoms. The van der Waals surface area contributed by atoms with Crippen LogP contribution in [0.15, 0.2) is 30.3 Å². The molecule has 2 aromatic rings. The van der Waals surface area contributed by atoms with Gasteiger partial charge in [-0.25, -0.2) is 4.98 Å². The molecule has 1 aromatic heterocycles. The zero-order chi connectivity index (χ0) is 13.2. The van der Waals surface area contributed by atoms with Gasteiger partial charge in [-0.05, 0) is 13.0 Å². The lowest BCUT2D eigenvalue weighted by Gasteiger charge is -2.27. The lowest BCUT2D eigenvalue weighted by Crippen LogP contribution is -2.21. The minimum Gasteiger partial charge on any atom is -0.493 e. The SMILES string of the molecule is Cc1cc(N[C@H]2CCOc3ccccc32)nc(N)n1. The third kappa shape index (κ3) is 2.45. The van der Waals surface area contributed by atoms with E-state index in [0.29, 0.717) is 12.6 Å². The molecule has 0 spiro atoms. The summed E-state index contributed by atoms with van der Waals surface area (Å²) in [6.45, 7) is 2.61. The van der Waals surface area contributed by atoms with Gasteiger partial charge < -0.3 is 15.8 Å². The molecule has 0 aliphatic carbocycles. The van der Waals surface area contributed by atoms with Crippen molar-refractivity contribution in [3.05, 3.63) is 41.6 Å². The number of rotatable bonds is 2. The van der Waals surface area contributed by atoms with E-state index in [-0.39, 0.29) is 6.04 Å². The van der Waals surface area contributed by atoms with Crippen LogP contribution in [0.1, 0.15) is 23.7 Å². The standard InChI is InChI=1S/C14H16N4O/c1-9-8-13(18-14(15)16-9)17-11-6-7-19-12-5-3-2-4-10(11)12/h2-5,8,11H,6-7H2,1H3,(H3,15,16,17,18)/t11-/m0/s1. The van der Waals surface area contributed by atoms with E-state index in [1.54, 1.807) is 0 Å². The molecule has 0 radical (unpaired) electrons. The Labute approximate surface area is 111 Å². The number of aromatic nitrogens is 2. The van der Waals surface area contributed by atoms with E-state index in [9.17, 15) is 0 Å². The highest BCUT2D eigenvalue weighted by molar-refractivity contribution is 5.46. The highest BCUT2D eigenvalue weighted by Gasteiger charge is 2.21. The van der Waals surface area contributed by atoms with E-state index in [1.165, 1.54) is 0 Å². The van der Waals surface area contributed by atoms with E-state index in [1.807, 2.05) is 31.2 Å². The van der Waals surface area contributed by atoms with Crippen LogP contribution in [-0.2, 0) is 0 Å². The number of nitrogens with two attached hydrogens (primary N) is 1. The number of para-hydroxylation sites is 1. The van der Waals surface area contributed by atoms with Crippen LogP contribution in [0.2, 0.25) is 0 Å². The molecule has 0 saturated heterocycles. The number of nitrogen functional groups attached to an aromatic ring is 1. The van der Waals surface area contributed by atoms with Crippen LogP contribution in [0.4, 0.5) is 11.8 Å². The van der Waals surface area contributed by atoms with Crippen molar-refractivity contribution in [2.24, 2.45) is 0 Å². The molecule has 1 aromatic carbocycles. The molecule has 3 rings (SSSR count). The predicted molar refractivity (Wildman–Crippen MR) is 74.1 cm³/mol. The van der Waals surface area contributed by atoms with Crippen molar-refractivity contribution in [2.45, 2.75) is 19.4 Å². The molecule has 2 heterocycles. The molecule has 1 aliphatic heterocycles. The Balaban J connectivity index is 1.88. The summed E-state index contributed by atoms with van der Waals surface area (Å²) >= 11 is 0. The Hall–Kier alpha value is -2.30. The van der Waals surface area contributed by atoms with Gasteiger partial charge in [-0.2, -0.15) is 4.98 Å². The summed E-state index contributed by atoms with van der Waals surface area (Å²) in [5, 5.41) is 3.41. The molecule has 1 atom stereocenters. The quantitative estimate of drug-likeness (QED) is 0.862. The Morgan fingerprint density at radius 3 is 3.00 bits per heavy atom. The Kier molecular flexibility index (Phi) is 2.95.